The molecule has 1 aromatic carbocycles. The highest BCUT2D eigenvalue weighted by Gasteiger charge is 2.18. The van der Waals surface area contributed by atoms with Gasteiger partial charge in [0.2, 0.25) is 0 Å². The van der Waals surface area contributed by atoms with E-state index >= 15 is 0 Å². The van der Waals surface area contributed by atoms with Gasteiger partial charge in [-0.15, -0.1) is 0 Å². The van der Waals surface area contributed by atoms with E-state index in [1.54, 1.807) is 0 Å². The molecule has 1 aromatic rings. The Morgan fingerprint density at radius 1 is 1.27 bits per heavy atom. The number of nitrogens with zero attached hydrogens (tertiary/aromatic N) is 1. The number of benzene rings is 1. The summed E-state index contributed by atoms with van der Waals surface area (Å²) < 4.78 is 0. The lowest BCUT2D eigenvalue weighted by Crippen LogP contribution is -2.03. The zero-order chi connectivity index (χ0) is 10.7. The van der Waals surface area contributed by atoms with Gasteiger partial charge in [-0.05, 0) is 30.7 Å². The summed E-state index contributed by atoms with van der Waals surface area (Å²) in [5, 5.41) is 0. The number of hydrogen-bond acceptors (Lipinski definition) is 1. The molecule has 0 N–H and O–H groups in total. The topological polar surface area (TPSA) is 12.4 Å². The monoisotopic (exact) mass is 201 g/mol. The lowest BCUT2D eigenvalue weighted by atomic mass is 10.0. The van der Waals surface area contributed by atoms with Crippen molar-refractivity contribution in [2.75, 3.05) is 0 Å². The summed E-state index contributed by atoms with van der Waals surface area (Å²) in [6.45, 7) is 4.55. The maximum atomic E-state index is 4.82. The zero-order valence-electron chi connectivity index (χ0n) is 9.61. The molecule has 1 aliphatic heterocycles. The molecular formula is C14H19N. The molecule has 0 radical (unpaired) electrons. The first-order valence-corrected chi connectivity index (χ1v) is 5.88. The number of aliphatic imine (C=N–C) groups is 1. The van der Waals surface area contributed by atoms with Crippen molar-refractivity contribution in [2.24, 2.45) is 10.9 Å². The predicted octanol–water partition coefficient (Wildman–Crippen LogP) is 3.68. The third-order valence-corrected chi connectivity index (χ3v) is 2.90. The van der Waals surface area contributed by atoms with Crippen molar-refractivity contribution in [3.63, 3.8) is 0 Å². The summed E-state index contributed by atoms with van der Waals surface area (Å²) in [5.41, 5.74) is 2.62. The van der Waals surface area contributed by atoms with Crippen LogP contribution in [0, 0.1) is 5.92 Å². The summed E-state index contributed by atoms with van der Waals surface area (Å²) in [7, 11) is 0. The standard InChI is InChI=1S/C14H19N/c1-11(2)10-13-8-9-14(15-13)12-6-4-3-5-7-12/h3-7,11,13H,8-10H2,1-2H3/t13-/m0/s1. The van der Waals surface area contributed by atoms with Crippen LogP contribution in [0.15, 0.2) is 35.3 Å². The van der Waals surface area contributed by atoms with Gasteiger partial charge in [0.15, 0.2) is 0 Å². The molecule has 2 rings (SSSR count). The number of rotatable bonds is 3. The van der Waals surface area contributed by atoms with Crippen LogP contribution in [0.1, 0.15) is 38.7 Å². The van der Waals surface area contributed by atoms with E-state index in [4.69, 9.17) is 4.99 Å². The van der Waals surface area contributed by atoms with Crippen molar-refractivity contribution >= 4 is 5.71 Å². The lowest BCUT2D eigenvalue weighted by Gasteiger charge is -2.08. The molecule has 0 amide bonds. The summed E-state index contributed by atoms with van der Waals surface area (Å²) in [4.78, 5) is 4.82. The first-order chi connectivity index (χ1) is 7.25. The summed E-state index contributed by atoms with van der Waals surface area (Å²) >= 11 is 0. The Morgan fingerprint density at radius 3 is 2.67 bits per heavy atom. The van der Waals surface area contributed by atoms with E-state index in [1.807, 2.05) is 0 Å². The van der Waals surface area contributed by atoms with E-state index in [-0.39, 0.29) is 0 Å². The van der Waals surface area contributed by atoms with Gasteiger partial charge in [0.05, 0.1) is 6.04 Å². The smallest absolute Gasteiger partial charge is 0.0509 e. The second-order valence-electron chi connectivity index (χ2n) is 4.76. The van der Waals surface area contributed by atoms with Crippen LogP contribution in [0.2, 0.25) is 0 Å². The third-order valence-electron chi connectivity index (χ3n) is 2.90. The van der Waals surface area contributed by atoms with E-state index in [0.717, 1.165) is 12.3 Å². The van der Waals surface area contributed by atoms with Crippen molar-refractivity contribution in [1.29, 1.82) is 0 Å². The summed E-state index contributed by atoms with van der Waals surface area (Å²) in [6, 6.07) is 11.1. The van der Waals surface area contributed by atoms with Gasteiger partial charge in [0, 0.05) is 5.71 Å². The first kappa shape index (κ1) is 10.4. The van der Waals surface area contributed by atoms with Crippen molar-refractivity contribution in [3.05, 3.63) is 35.9 Å². The van der Waals surface area contributed by atoms with Crippen molar-refractivity contribution in [2.45, 2.75) is 39.2 Å². The maximum Gasteiger partial charge on any atom is 0.0509 e. The SMILES string of the molecule is CC(C)C[C@@H]1CCC(c2ccccc2)=N1. The highest BCUT2D eigenvalue weighted by atomic mass is 14.8. The van der Waals surface area contributed by atoms with Crippen LogP contribution in [0.3, 0.4) is 0 Å². The Hall–Kier alpha value is -1.11. The van der Waals surface area contributed by atoms with Crippen LogP contribution < -0.4 is 0 Å². The third kappa shape index (κ3) is 2.68. The van der Waals surface area contributed by atoms with Crippen LogP contribution in [0.4, 0.5) is 0 Å². The van der Waals surface area contributed by atoms with E-state index in [1.165, 1.54) is 24.1 Å². The molecule has 1 heterocycles. The van der Waals surface area contributed by atoms with Crippen LogP contribution in [0.5, 0.6) is 0 Å². The number of hydrogen-bond donors (Lipinski definition) is 0. The minimum absolute atomic E-state index is 0.570. The minimum Gasteiger partial charge on any atom is -0.286 e. The molecule has 0 bridgehead atoms. The van der Waals surface area contributed by atoms with Gasteiger partial charge >= 0.3 is 0 Å². The van der Waals surface area contributed by atoms with Gasteiger partial charge in [0.25, 0.3) is 0 Å². The molecule has 80 valence electrons. The van der Waals surface area contributed by atoms with Gasteiger partial charge in [-0.2, -0.15) is 0 Å². The molecule has 15 heavy (non-hydrogen) atoms. The Morgan fingerprint density at radius 2 is 2.00 bits per heavy atom. The molecule has 0 saturated heterocycles. The quantitative estimate of drug-likeness (QED) is 0.707. The van der Waals surface area contributed by atoms with Crippen molar-refractivity contribution in [1.82, 2.24) is 0 Å². The predicted molar refractivity (Wildman–Crippen MR) is 65.5 cm³/mol. The van der Waals surface area contributed by atoms with E-state index < -0.39 is 0 Å². The molecule has 1 atom stereocenters. The van der Waals surface area contributed by atoms with Crippen molar-refractivity contribution in [3.8, 4) is 0 Å². The molecule has 0 fully saturated rings. The highest BCUT2D eigenvalue weighted by Crippen LogP contribution is 2.23. The average molecular weight is 201 g/mol. The Kier molecular flexibility index (Phi) is 3.20. The molecule has 0 aliphatic carbocycles. The van der Waals surface area contributed by atoms with Gasteiger partial charge in [-0.25, -0.2) is 0 Å². The summed E-state index contributed by atoms with van der Waals surface area (Å²) in [5.74, 6) is 0.758. The molecule has 1 heteroatoms. The molecule has 0 saturated carbocycles. The van der Waals surface area contributed by atoms with Gasteiger partial charge < -0.3 is 0 Å². The molecule has 1 aliphatic rings. The minimum atomic E-state index is 0.570. The Balaban J connectivity index is 2.07. The van der Waals surface area contributed by atoms with E-state index in [9.17, 15) is 0 Å². The highest BCUT2D eigenvalue weighted by molar-refractivity contribution is 6.01. The fraction of sp³-hybridized carbons (Fsp3) is 0.500. The van der Waals surface area contributed by atoms with Gasteiger partial charge in [-0.3, -0.25) is 4.99 Å². The zero-order valence-corrected chi connectivity index (χ0v) is 9.61. The normalized spacial score (nSPS) is 20.7. The lowest BCUT2D eigenvalue weighted by molar-refractivity contribution is 0.496. The Labute approximate surface area is 92.2 Å². The van der Waals surface area contributed by atoms with Crippen LogP contribution in [0.25, 0.3) is 0 Å². The first-order valence-electron chi connectivity index (χ1n) is 5.88. The van der Waals surface area contributed by atoms with Crippen molar-refractivity contribution < 1.29 is 0 Å². The summed E-state index contributed by atoms with van der Waals surface area (Å²) in [6.07, 6.45) is 3.63. The van der Waals surface area contributed by atoms with Gasteiger partial charge in [0.1, 0.15) is 0 Å². The largest absolute Gasteiger partial charge is 0.286 e. The van der Waals surface area contributed by atoms with Crippen LogP contribution in [-0.2, 0) is 0 Å². The van der Waals surface area contributed by atoms with E-state index in [0.29, 0.717) is 6.04 Å². The molecule has 1 nitrogen and oxygen atoms in total. The van der Waals surface area contributed by atoms with E-state index in [2.05, 4.69) is 44.2 Å². The Bertz CT molecular complexity index is 338. The van der Waals surface area contributed by atoms with Crippen LogP contribution >= 0.6 is 0 Å². The molecular weight excluding hydrogens is 182 g/mol. The second-order valence-corrected chi connectivity index (χ2v) is 4.76. The van der Waals surface area contributed by atoms with Gasteiger partial charge in [-0.1, -0.05) is 44.2 Å². The molecule has 0 spiro atoms. The average Bonchev–Trinajstić information content (AvgIpc) is 2.67. The fourth-order valence-corrected chi connectivity index (χ4v) is 2.22. The molecule has 0 aromatic heterocycles. The maximum absolute atomic E-state index is 4.82. The fourth-order valence-electron chi connectivity index (χ4n) is 2.22. The molecule has 0 unspecified atom stereocenters. The second kappa shape index (κ2) is 4.61. The van der Waals surface area contributed by atoms with Crippen LogP contribution in [-0.4, -0.2) is 11.8 Å².